The summed E-state index contributed by atoms with van der Waals surface area (Å²) in [4.78, 5) is 26.3. The van der Waals surface area contributed by atoms with Gasteiger partial charge in [0.05, 0.1) is 10.6 Å². The number of amides is 2. The standard InChI is InChI=1S/C20H12ClNO3S/c21-14-6-4-5-13(11-14)17-10-9-16(25-17)12-18-19(23)22(20(24)26-18)15-7-2-1-3-8-15/h1-12H/b18-12+. The number of para-hydroxylation sites is 1. The van der Waals surface area contributed by atoms with Gasteiger partial charge in [0, 0.05) is 16.7 Å². The zero-order chi connectivity index (χ0) is 18.1. The minimum absolute atomic E-state index is 0.325. The van der Waals surface area contributed by atoms with Crippen molar-refractivity contribution in [2.45, 2.75) is 0 Å². The first-order chi connectivity index (χ1) is 12.6. The van der Waals surface area contributed by atoms with Crippen molar-refractivity contribution in [3.63, 3.8) is 0 Å². The lowest BCUT2D eigenvalue weighted by Gasteiger charge is -2.11. The summed E-state index contributed by atoms with van der Waals surface area (Å²) < 4.78 is 5.78. The third-order valence-corrected chi connectivity index (χ3v) is 4.92. The van der Waals surface area contributed by atoms with E-state index < -0.39 is 0 Å². The zero-order valence-electron chi connectivity index (χ0n) is 13.4. The maximum atomic E-state index is 12.6. The Bertz CT molecular complexity index is 1030. The van der Waals surface area contributed by atoms with Crippen LogP contribution in [0.1, 0.15) is 5.76 Å². The van der Waals surface area contributed by atoms with Gasteiger partial charge in [-0.1, -0.05) is 41.9 Å². The molecular formula is C20H12ClNO3S. The van der Waals surface area contributed by atoms with Crippen LogP contribution in [0.5, 0.6) is 0 Å². The summed E-state index contributed by atoms with van der Waals surface area (Å²) in [5.41, 5.74) is 1.40. The second-order valence-corrected chi connectivity index (χ2v) is 6.99. The summed E-state index contributed by atoms with van der Waals surface area (Å²) in [6.45, 7) is 0. The van der Waals surface area contributed by atoms with Crippen LogP contribution in [0.2, 0.25) is 5.02 Å². The van der Waals surface area contributed by atoms with Crippen LogP contribution < -0.4 is 4.90 Å². The minimum Gasteiger partial charge on any atom is -0.457 e. The van der Waals surface area contributed by atoms with Crippen molar-refractivity contribution in [1.29, 1.82) is 0 Å². The normalized spacial score (nSPS) is 15.9. The molecule has 4 rings (SSSR count). The Morgan fingerprint density at radius 3 is 2.54 bits per heavy atom. The Labute approximate surface area is 159 Å². The zero-order valence-corrected chi connectivity index (χ0v) is 15.0. The smallest absolute Gasteiger partial charge is 0.298 e. The lowest BCUT2D eigenvalue weighted by atomic mass is 10.2. The van der Waals surface area contributed by atoms with Gasteiger partial charge in [-0.25, -0.2) is 4.90 Å². The van der Waals surface area contributed by atoms with E-state index in [4.69, 9.17) is 16.0 Å². The molecule has 6 heteroatoms. The van der Waals surface area contributed by atoms with Gasteiger partial charge in [0.15, 0.2) is 0 Å². The summed E-state index contributed by atoms with van der Waals surface area (Å²) >= 11 is 6.90. The number of furan rings is 1. The van der Waals surface area contributed by atoms with E-state index >= 15 is 0 Å². The molecule has 0 saturated carbocycles. The largest absolute Gasteiger partial charge is 0.457 e. The summed E-state index contributed by atoms with van der Waals surface area (Å²) in [5.74, 6) is 0.784. The van der Waals surface area contributed by atoms with E-state index in [-0.39, 0.29) is 11.1 Å². The molecule has 0 spiro atoms. The number of hydrogen-bond donors (Lipinski definition) is 0. The van der Waals surface area contributed by atoms with Gasteiger partial charge in [-0.2, -0.15) is 0 Å². The summed E-state index contributed by atoms with van der Waals surface area (Å²) in [6, 6.07) is 19.7. The van der Waals surface area contributed by atoms with Crippen LogP contribution in [-0.2, 0) is 4.79 Å². The average molecular weight is 382 g/mol. The lowest BCUT2D eigenvalue weighted by molar-refractivity contribution is -0.113. The number of imide groups is 1. The molecule has 0 unspecified atom stereocenters. The minimum atomic E-state index is -0.355. The fourth-order valence-corrected chi connectivity index (χ4v) is 3.64. The van der Waals surface area contributed by atoms with E-state index in [0.717, 1.165) is 22.2 Å². The third-order valence-electron chi connectivity index (χ3n) is 3.82. The highest BCUT2D eigenvalue weighted by atomic mass is 35.5. The van der Waals surface area contributed by atoms with E-state index in [1.165, 1.54) is 0 Å². The maximum absolute atomic E-state index is 12.6. The van der Waals surface area contributed by atoms with Crippen molar-refractivity contribution in [2.75, 3.05) is 4.90 Å². The molecule has 1 aliphatic rings. The second-order valence-electron chi connectivity index (χ2n) is 5.57. The number of thioether (sulfide) groups is 1. The number of nitrogens with zero attached hydrogens (tertiary/aromatic N) is 1. The highest BCUT2D eigenvalue weighted by molar-refractivity contribution is 8.19. The summed E-state index contributed by atoms with van der Waals surface area (Å²) in [6.07, 6.45) is 1.59. The van der Waals surface area contributed by atoms with Crippen molar-refractivity contribution < 1.29 is 14.0 Å². The van der Waals surface area contributed by atoms with Crippen LogP contribution in [-0.4, -0.2) is 11.1 Å². The number of halogens is 1. The molecule has 0 bridgehead atoms. The van der Waals surface area contributed by atoms with Crippen molar-refractivity contribution in [1.82, 2.24) is 0 Å². The topological polar surface area (TPSA) is 50.5 Å². The molecule has 0 radical (unpaired) electrons. The number of hydrogen-bond acceptors (Lipinski definition) is 4. The molecule has 4 nitrogen and oxygen atoms in total. The first-order valence-electron chi connectivity index (χ1n) is 7.80. The fraction of sp³-hybridized carbons (Fsp3) is 0. The van der Waals surface area contributed by atoms with E-state index in [1.807, 2.05) is 18.2 Å². The highest BCUT2D eigenvalue weighted by Crippen LogP contribution is 2.36. The average Bonchev–Trinajstić information content (AvgIpc) is 3.21. The van der Waals surface area contributed by atoms with E-state index in [9.17, 15) is 9.59 Å². The predicted octanol–water partition coefficient (Wildman–Crippen LogP) is 5.84. The van der Waals surface area contributed by atoms with Crippen molar-refractivity contribution in [3.05, 3.63) is 82.4 Å². The molecule has 1 fully saturated rings. The van der Waals surface area contributed by atoms with Crippen molar-refractivity contribution in [3.8, 4) is 11.3 Å². The molecule has 3 aromatic rings. The fourth-order valence-electron chi connectivity index (χ4n) is 2.62. The van der Waals surface area contributed by atoms with Gasteiger partial charge in [-0.05, 0) is 48.2 Å². The van der Waals surface area contributed by atoms with E-state index in [0.29, 0.717) is 27.1 Å². The highest BCUT2D eigenvalue weighted by Gasteiger charge is 2.36. The van der Waals surface area contributed by atoms with E-state index in [1.54, 1.807) is 54.6 Å². The number of carbonyl (C=O) groups excluding carboxylic acids is 2. The van der Waals surface area contributed by atoms with Crippen molar-refractivity contribution in [2.24, 2.45) is 0 Å². The van der Waals surface area contributed by atoms with Gasteiger partial charge >= 0.3 is 0 Å². The molecule has 0 atom stereocenters. The Hall–Kier alpha value is -2.76. The van der Waals surface area contributed by atoms with Gasteiger partial charge in [0.1, 0.15) is 11.5 Å². The Kier molecular flexibility index (Phi) is 4.41. The molecule has 1 saturated heterocycles. The number of rotatable bonds is 3. The van der Waals surface area contributed by atoms with Crippen LogP contribution in [0, 0.1) is 0 Å². The first-order valence-corrected chi connectivity index (χ1v) is 9.00. The molecule has 1 aliphatic heterocycles. The lowest BCUT2D eigenvalue weighted by Crippen LogP contribution is -2.27. The molecule has 26 heavy (non-hydrogen) atoms. The summed E-state index contributed by atoms with van der Waals surface area (Å²) in [7, 11) is 0. The number of carbonyl (C=O) groups is 2. The molecule has 2 aromatic carbocycles. The molecule has 1 aromatic heterocycles. The molecule has 2 amide bonds. The van der Waals surface area contributed by atoms with Gasteiger partial charge in [0.2, 0.25) is 0 Å². The van der Waals surface area contributed by atoms with Gasteiger partial charge in [-0.15, -0.1) is 0 Å². The van der Waals surface area contributed by atoms with Crippen LogP contribution in [0.15, 0.2) is 76.1 Å². The number of benzene rings is 2. The van der Waals surface area contributed by atoms with E-state index in [2.05, 4.69) is 0 Å². The van der Waals surface area contributed by atoms with Gasteiger partial charge in [0.25, 0.3) is 11.1 Å². The third kappa shape index (κ3) is 3.19. The SMILES string of the molecule is O=C1S/C(=C/c2ccc(-c3cccc(Cl)c3)o2)C(=O)N1c1ccccc1. The molecule has 0 N–H and O–H groups in total. The van der Waals surface area contributed by atoms with Crippen molar-refractivity contribution >= 4 is 46.3 Å². The van der Waals surface area contributed by atoms with Gasteiger partial charge in [-0.3, -0.25) is 9.59 Å². The molecule has 2 heterocycles. The summed E-state index contributed by atoms with van der Waals surface area (Å²) in [5, 5.41) is 0.290. The first kappa shape index (κ1) is 16.7. The van der Waals surface area contributed by atoms with Crippen LogP contribution in [0.25, 0.3) is 17.4 Å². The van der Waals surface area contributed by atoms with Crippen LogP contribution in [0.4, 0.5) is 10.5 Å². The molecule has 128 valence electrons. The maximum Gasteiger partial charge on any atom is 0.298 e. The van der Waals surface area contributed by atoms with Crippen LogP contribution in [0.3, 0.4) is 0 Å². The number of anilines is 1. The van der Waals surface area contributed by atoms with Gasteiger partial charge < -0.3 is 4.42 Å². The monoisotopic (exact) mass is 381 g/mol. The Balaban J connectivity index is 1.62. The Morgan fingerprint density at radius 1 is 0.962 bits per heavy atom. The molecular weight excluding hydrogens is 370 g/mol. The predicted molar refractivity (Wildman–Crippen MR) is 104 cm³/mol. The van der Waals surface area contributed by atoms with Crippen LogP contribution >= 0.6 is 23.4 Å². The Morgan fingerprint density at radius 2 is 1.77 bits per heavy atom. The second kappa shape index (κ2) is 6.86. The molecule has 0 aliphatic carbocycles. The quantitative estimate of drug-likeness (QED) is 0.535.